The van der Waals surface area contributed by atoms with E-state index in [0.29, 0.717) is 5.71 Å². The number of nitrogens with zero attached hydrogens (tertiary/aromatic N) is 1. The normalized spacial score (nSPS) is 12.4. The van der Waals surface area contributed by atoms with E-state index in [9.17, 15) is 0 Å². The third-order valence-electron chi connectivity index (χ3n) is 3.11. The van der Waals surface area contributed by atoms with Gasteiger partial charge < -0.3 is 4.42 Å². The number of furan rings is 1. The van der Waals surface area contributed by atoms with E-state index in [1.807, 2.05) is 12.1 Å². The van der Waals surface area contributed by atoms with Gasteiger partial charge in [-0.15, -0.1) is 0 Å². The summed E-state index contributed by atoms with van der Waals surface area (Å²) < 4.78 is 5.71. The van der Waals surface area contributed by atoms with Gasteiger partial charge in [-0.3, -0.25) is 0 Å². The molecule has 0 radical (unpaired) electrons. The highest BCUT2D eigenvalue weighted by Crippen LogP contribution is 2.31. The molecule has 0 aliphatic carbocycles. The molecule has 0 aliphatic heterocycles. The van der Waals surface area contributed by atoms with Gasteiger partial charge in [0.2, 0.25) is 5.71 Å². The molecule has 0 fully saturated rings. The summed E-state index contributed by atoms with van der Waals surface area (Å²) in [6, 6.07) is 10.4. The maximum absolute atomic E-state index is 5.71. The van der Waals surface area contributed by atoms with Gasteiger partial charge in [0, 0.05) is 17.0 Å². The van der Waals surface area contributed by atoms with Gasteiger partial charge in [-0.1, -0.05) is 26.8 Å². The molecule has 0 atom stereocenters. The van der Waals surface area contributed by atoms with Crippen LogP contribution in [0.2, 0.25) is 0 Å². The van der Waals surface area contributed by atoms with Crippen LogP contribution in [0.5, 0.6) is 0 Å². The Morgan fingerprint density at radius 1 is 1.06 bits per heavy atom. The quantitative estimate of drug-likeness (QED) is 0.570. The summed E-state index contributed by atoms with van der Waals surface area (Å²) in [6.45, 7) is 6.65. The summed E-state index contributed by atoms with van der Waals surface area (Å²) in [4.78, 5) is 4.24. The molecule has 0 N–H and O–H groups in total. The molecule has 0 bridgehead atoms. The fourth-order valence-electron chi connectivity index (χ4n) is 2.08. The first-order valence-corrected chi connectivity index (χ1v) is 5.83. The van der Waals surface area contributed by atoms with Crippen molar-refractivity contribution in [2.45, 2.75) is 26.2 Å². The summed E-state index contributed by atoms with van der Waals surface area (Å²) in [7, 11) is 0. The zero-order valence-electron chi connectivity index (χ0n) is 10.3. The average molecular weight is 225 g/mol. The monoisotopic (exact) mass is 225 g/mol. The van der Waals surface area contributed by atoms with Crippen LogP contribution in [-0.2, 0) is 5.41 Å². The highest BCUT2D eigenvalue weighted by atomic mass is 16.3. The van der Waals surface area contributed by atoms with Crippen molar-refractivity contribution in [1.82, 2.24) is 4.98 Å². The maximum Gasteiger partial charge on any atom is 0.227 e. The summed E-state index contributed by atoms with van der Waals surface area (Å²) in [5.74, 6) is 0. The highest BCUT2D eigenvalue weighted by molar-refractivity contribution is 6.03. The Hall–Kier alpha value is -1.83. The van der Waals surface area contributed by atoms with Gasteiger partial charge in [-0.05, 0) is 35.2 Å². The van der Waals surface area contributed by atoms with E-state index in [0.717, 1.165) is 16.4 Å². The molecule has 2 nitrogen and oxygen atoms in total. The predicted octanol–water partition coefficient (Wildman–Crippen LogP) is 4.28. The van der Waals surface area contributed by atoms with Gasteiger partial charge in [0.15, 0.2) is 0 Å². The van der Waals surface area contributed by atoms with E-state index in [1.54, 1.807) is 6.20 Å². The molecule has 0 amide bonds. The second-order valence-corrected chi connectivity index (χ2v) is 5.42. The van der Waals surface area contributed by atoms with E-state index in [-0.39, 0.29) is 5.41 Å². The Bertz CT molecular complexity index is 689. The number of benzene rings is 1. The molecular formula is C15H15NO. The van der Waals surface area contributed by atoms with Gasteiger partial charge in [0.25, 0.3) is 0 Å². The van der Waals surface area contributed by atoms with Crippen molar-refractivity contribution in [2.24, 2.45) is 0 Å². The lowest BCUT2D eigenvalue weighted by molar-refractivity contribution is 0.590. The molecule has 3 aromatic rings. The number of rotatable bonds is 0. The van der Waals surface area contributed by atoms with E-state index in [2.05, 4.69) is 44.0 Å². The molecule has 2 heteroatoms. The fraction of sp³-hybridized carbons (Fsp3) is 0.267. The molecule has 3 rings (SSSR count). The predicted molar refractivity (Wildman–Crippen MR) is 70.2 cm³/mol. The molecule has 2 aromatic heterocycles. The van der Waals surface area contributed by atoms with Gasteiger partial charge in [-0.25, -0.2) is 4.98 Å². The molecule has 0 spiro atoms. The topological polar surface area (TPSA) is 26.0 Å². The smallest absolute Gasteiger partial charge is 0.227 e. The maximum atomic E-state index is 5.71. The second kappa shape index (κ2) is 3.33. The molecule has 17 heavy (non-hydrogen) atoms. The number of aromatic nitrogens is 1. The number of hydrogen-bond donors (Lipinski definition) is 0. The van der Waals surface area contributed by atoms with Crippen LogP contribution in [0.15, 0.2) is 40.9 Å². The Morgan fingerprint density at radius 2 is 1.88 bits per heavy atom. The lowest BCUT2D eigenvalue weighted by atomic mass is 9.86. The van der Waals surface area contributed by atoms with E-state index >= 15 is 0 Å². The fourth-order valence-corrected chi connectivity index (χ4v) is 2.08. The van der Waals surface area contributed by atoms with Crippen LogP contribution < -0.4 is 0 Å². The van der Waals surface area contributed by atoms with Crippen LogP contribution in [0.25, 0.3) is 22.1 Å². The van der Waals surface area contributed by atoms with Gasteiger partial charge in [0.05, 0.1) is 0 Å². The molecule has 0 unspecified atom stereocenters. The van der Waals surface area contributed by atoms with Crippen molar-refractivity contribution in [1.29, 1.82) is 0 Å². The number of fused-ring (bicyclic) bond motifs is 3. The highest BCUT2D eigenvalue weighted by Gasteiger charge is 2.16. The third-order valence-corrected chi connectivity index (χ3v) is 3.11. The van der Waals surface area contributed by atoms with Gasteiger partial charge >= 0.3 is 0 Å². The zero-order chi connectivity index (χ0) is 12.0. The van der Waals surface area contributed by atoms with Crippen LogP contribution in [0.3, 0.4) is 0 Å². The van der Waals surface area contributed by atoms with Gasteiger partial charge in [-0.2, -0.15) is 0 Å². The van der Waals surface area contributed by atoms with Crippen LogP contribution in [0.4, 0.5) is 0 Å². The largest absolute Gasteiger partial charge is 0.438 e. The second-order valence-electron chi connectivity index (χ2n) is 5.42. The molecule has 86 valence electrons. The first-order valence-electron chi connectivity index (χ1n) is 5.83. The average Bonchev–Trinajstić information content (AvgIpc) is 2.65. The van der Waals surface area contributed by atoms with Crippen molar-refractivity contribution >= 4 is 22.1 Å². The minimum atomic E-state index is 0.153. The number of pyridine rings is 1. The van der Waals surface area contributed by atoms with Gasteiger partial charge in [0.1, 0.15) is 5.58 Å². The van der Waals surface area contributed by atoms with Crippen molar-refractivity contribution in [2.75, 3.05) is 0 Å². The van der Waals surface area contributed by atoms with E-state index < -0.39 is 0 Å². The summed E-state index contributed by atoms with van der Waals surface area (Å²) >= 11 is 0. The van der Waals surface area contributed by atoms with Crippen molar-refractivity contribution < 1.29 is 4.42 Å². The van der Waals surface area contributed by atoms with Crippen molar-refractivity contribution in [3.05, 3.63) is 42.1 Å². The lowest BCUT2D eigenvalue weighted by Gasteiger charge is -2.18. The summed E-state index contributed by atoms with van der Waals surface area (Å²) in [5, 5.41) is 2.24. The summed E-state index contributed by atoms with van der Waals surface area (Å²) in [5.41, 5.74) is 3.09. The van der Waals surface area contributed by atoms with E-state index in [1.165, 1.54) is 5.56 Å². The Labute approximate surface area is 100 Å². The first-order chi connectivity index (χ1) is 8.05. The minimum Gasteiger partial charge on any atom is -0.438 e. The number of hydrogen-bond acceptors (Lipinski definition) is 2. The Balaban J connectivity index is 2.38. The van der Waals surface area contributed by atoms with Crippen LogP contribution in [-0.4, -0.2) is 4.98 Å². The molecule has 2 heterocycles. The van der Waals surface area contributed by atoms with Crippen LogP contribution in [0.1, 0.15) is 26.3 Å². The van der Waals surface area contributed by atoms with E-state index in [4.69, 9.17) is 4.42 Å². The van der Waals surface area contributed by atoms with Crippen molar-refractivity contribution in [3.63, 3.8) is 0 Å². The SMILES string of the molecule is CC(C)(C)c1ccc2oc3ncccc3c2c1. The molecule has 0 saturated carbocycles. The summed E-state index contributed by atoms with van der Waals surface area (Å²) in [6.07, 6.45) is 1.76. The zero-order valence-corrected chi connectivity index (χ0v) is 10.3. The van der Waals surface area contributed by atoms with Crippen molar-refractivity contribution in [3.8, 4) is 0 Å². The molecule has 1 aromatic carbocycles. The Kier molecular flexibility index (Phi) is 2.02. The standard InChI is InChI=1S/C15H15NO/c1-15(2,3)10-6-7-13-12(9-10)11-5-4-8-16-14(11)17-13/h4-9H,1-3H3. The molecule has 0 saturated heterocycles. The lowest BCUT2D eigenvalue weighted by Crippen LogP contribution is -2.10. The van der Waals surface area contributed by atoms with Crippen LogP contribution >= 0.6 is 0 Å². The Morgan fingerprint density at radius 3 is 2.65 bits per heavy atom. The molecular weight excluding hydrogens is 210 g/mol. The van der Waals surface area contributed by atoms with Crippen LogP contribution in [0, 0.1) is 0 Å². The third kappa shape index (κ3) is 1.60. The first kappa shape index (κ1) is 10.3. The minimum absolute atomic E-state index is 0.153. The molecule has 0 aliphatic rings.